The molecule has 0 radical (unpaired) electrons. The molecule has 1 aromatic heterocycles. The van der Waals surface area contributed by atoms with Crippen LogP contribution in [-0.4, -0.2) is 40.0 Å². The molecule has 0 unspecified atom stereocenters. The van der Waals surface area contributed by atoms with Gasteiger partial charge in [0.05, 0.1) is 16.8 Å². The van der Waals surface area contributed by atoms with Crippen LogP contribution in [0.15, 0.2) is 54.6 Å². The Morgan fingerprint density at radius 1 is 1.15 bits per heavy atom. The van der Waals surface area contributed by atoms with Crippen molar-refractivity contribution in [1.29, 1.82) is 0 Å². The van der Waals surface area contributed by atoms with Crippen molar-refractivity contribution in [3.63, 3.8) is 0 Å². The molecule has 7 heteroatoms. The highest BCUT2D eigenvalue weighted by Crippen LogP contribution is 2.56. The summed E-state index contributed by atoms with van der Waals surface area (Å²) in [6.45, 7) is 7.42. The molecule has 1 aliphatic rings. The third-order valence-electron chi connectivity index (χ3n) is 6.75. The number of carbonyl (C=O) groups excluding carboxylic acids is 2. The molecule has 178 valence electrons. The number of amides is 2. The van der Waals surface area contributed by atoms with Gasteiger partial charge in [0, 0.05) is 29.7 Å². The van der Waals surface area contributed by atoms with Crippen LogP contribution in [0.4, 0.5) is 0 Å². The van der Waals surface area contributed by atoms with E-state index >= 15 is 0 Å². The lowest BCUT2D eigenvalue weighted by molar-refractivity contribution is -0.141. The number of benzene rings is 2. The monoisotopic (exact) mass is 461 g/mol. The van der Waals surface area contributed by atoms with E-state index in [4.69, 9.17) is 9.94 Å². The lowest BCUT2D eigenvalue weighted by atomic mass is 9.91. The van der Waals surface area contributed by atoms with Crippen molar-refractivity contribution in [2.24, 2.45) is 11.3 Å². The normalized spacial score (nSPS) is 19.0. The number of nitrogens with one attached hydrogen (secondary N) is 1. The number of hydrogen-bond acceptors (Lipinski definition) is 5. The predicted octanol–water partition coefficient (Wildman–Crippen LogP) is 4.04. The number of hydrogen-bond donors (Lipinski definition) is 2. The minimum Gasteiger partial charge on any atom is -0.489 e. The number of fused-ring (bicyclic) bond motifs is 1. The van der Waals surface area contributed by atoms with E-state index in [1.807, 2.05) is 75.4 Å². The molecule has 0 saturated heterocycles. The molecule has 3 aromatic rings. The fourth-order valence-electron chi connectivity index (χ4n) is 4.80. The molecule has 2 atom stereocenters. The van der Waals surface area contributed by atoms with Crippen molar-refractivity contribution in [1.82, 2.24) is 15.4 Å². The highest BCUT2D eigenvalue weighted by molar-refractivity contribution is 5.95. The van der Waals surface area contributed by atoms with Crippen molar-refractivity contribution in [2.45, 2.75) is 40.2 Å². The van der Waals surface area contributed by atoms with E-state index in [2.05, 4.69) is 4.98 Å². The molecule has 1 heterocycles. The van der Waals surface area contributed by atoms with Gasteiger partial charge in [-0.15, -0.1) is 0 Å². The zero-order chi connectivity index (χ0) is 24.3. The van der Waals surface area contributed by atoms with Gasteiger partial charge in [-0.1, -0.05) is 30.3 Å². The smallest absolute Gasteiger partial charge is 0.247 e. The Morgan fingerprint density at radius 2 is 1.85 bits per heavy atom. The average molecular weight is 462 g/mol. The number of aryl methyl sites for hydroxylation is 1. The lowest BCUT2D eigenvalue weighted by Gasteiger charge is -2.26. The maximum atomic E-state index is 13.2. The van der Waals surface area contributed by atoms with E-state index < -0.39 is 17.2 Å². The van der Waals surface area contributed by atoms with Gasteiger partial charge in [-0.2, -0.15) is 0 Å². The molecule has 0 aliphatic heterocycles. The number of rotatable bonds is 9. The van der Waals surface area contributed by atoms with E-state index in [-0.39, 0.29) is 5.91 Å². The number of pyridine rings is 1. The van der Waals surface area contributed by atoms with Gasteiger partial charge in [0.1, 0.15) is 12.4 Å². The van der Waals surface area contributed by atoms with Gasteiger partial charge >= 0.3 is 0 Å². The quantitative estimate of drug-likeness (QED) is 0.371. The third kappa shape index (κ3) is 4.61. The fraction of sp³-hybridized carbons (Fsp3) is 0.370. The molecule has 7 nitrogen and oxygen atoms in total. The highest BCUT2D eigenvalue weighted by Gasteiger charge is 2.64. The first-order valence-electron chi connectivity index (χ1n) is 11.7. The molecule has 1 saturated carbocycles. The Kier molecular flexibility index (Phi) is 6.84. The Morgan fingerprint density at radius 3 is 2.53 bits per heavy atom. The SMILES string of the molecule is CCN(CC)C(=O)[C@@]1(Cc2ccc(OCc3cc(C)nc4ccccc34)cc2)C[C@@H]1C(=O)NO. The van der Waals surface area contributed by atoms with Gasteiger partial charge < -0.3 is 9.64 Å². The second-order valence-electron chi connectivity index (χ2n) is 8.92. The summed E-state index contributed by atoms with van der Waals surface area (Å²) >= 11 is 0. The summed E-state index contributed by atoms with van der Waals surface area (Å²) in [7, 11) is 0. The van der Waals surface area contributed by atoms with Crippen LogP contribution >= 0.6 is 0 Å². The summed E-state index contributed by atoms with van der Waals surface area (Å²) in [5.41, 5.74) is 4.83. The molecule has 1 aliphatic carbocycles. The maximum Gasteiger partial charge on any atom is 0.247 e. The zero-order valence-electron chi connectivity index (χ0n) is 19.9. The summed E-state index contributed by atoms with van der Waals surface area (Å²) in [5.74, 6) is -0.330. The second-order valence-corrected chi connectivity index (χ2v) is 8.92. The Hall–Kier alpha value is -3.45. The van der Waals surface area contributed by atoms with Crippen LogP contribution in [0.3, 0.4) is 0 Å². The molecule has 0 bridgehead atoms. The first-order chi connectivity index (χ1) is 16.4. The van der Waals surface area contributed by atoms with Gasteiger partial charge in [-0.3, -0.25) is 19.8 Å². The van der Waals surface area contributed by atoms with Crippen LogP contribution in [0.25, 0.3) is 10.9 Å². The topological polar surface area (TPSA) is 91.8 Å². The summed E-state index contributed by atoms with van der Waals surface area (Å²) in [5, 5.41) is 10.2. The van der Waals surface area contributed by atoms with Crippen molar-refractivity contribution in [3.8, 4) is 5.75 Å². The minimum atomic E-state index is -0.811. The van der Waals surface area contributed by atoms with Crippen molar-refractivity contribution in [3.05, 3.63) is 71.4 Å². The standard InChI is InChI=1S/C27H31N3O4/c1-4-30(5-2)26(32)27(16-23(27)25(31)29-33)15-19-10-12-21(13-11-19)34-17-20-14-18(3)28-24-9-7-6-8-22(20)24/h6-14,23,33H,4-5,15-17H2,1-3H3,(H,29,31)/t23-,27+/m1/s1. The molecule has 2 N–H and O–H groups in total. The number of ether oxygens (including phenoxy) is 1. The van der Waals surface area contributed by atoms with Crippen LogP contribution in [0.2, 0.25) is 0 Å². The Labute approximate surface area is 199 Å². The fourth-order valence-corrected chi connectivity index (χ4v) is 4.80. The molecular formula is C27H31N3O4. The lowest BCUT2D eigenvalue weighted by Crippen LogP contribution is -2.40. The Bertz CT molecular complexity index is 1190. The third-order valence-corrected chi connectivity index (χ3v) is 6.75. The van der Waals surface area contributed by atoms with E-state index in [1.54, 1.807) is 10.4 Å². The number of para-hydroxylation sites is 1. The van der Waals surface area contributed by atoms with Crippen LogP contribution in [0, 0.1) is 18.3 Å². The summed E-state index contributed by atoms with van der Waals surface area (Å²) in [6, 6.07) is 17.7. The molecule has 4 rings (SSSR count). The Balaban J connectivity index is 1.48. The summed E-state index contributed by atoms with van der Waals surface area (Å²) in [6.07, 6.45) is 0.871. The van der Waals surface area contributed by atoms with Gasteiger partial charge in [-0.05, 0) is 63.4 Å². The van der Waals surface area contributed by atoms with Crippen molar-refractivity contribution >= 4 is 22.7 Å². The van der Waals surface area contributed by atoms with E-state index in [0.717, 1.165) is 33.5 Å². The molecule has 2 aromatic carbocycles. The van der Waals surface area contributed by atoms with Crippen LogP contribution in [-0.2, 0) is 22.6 Å². The molecular weight excluding hydrogens is 430 g/mol. The van der Waals surface area contributed by atoms with E-state index in [0.29, 0.717) is 32.5 Å². The second kappa shape index (κ2) is 9.81. The van der Waals surface area contributed by atoms with E-state index in [9.17, 15) is 9.59 Å². The number of carbonyl (C=O) groups is 2. The summed E-state index contributed by atoms with van der Waals surface area (Å²) < 4.78 is 6.05. The number of aromatic nitrogens is 1. The first-order valence-corrected chi connectivity index (χ1v) is 11.7. The highest BCUT2D eigenvalue weighted by atomic mass is 16.5. The van der Waals surface area contributed by atoms with Crippen LogP contribution in [0.5, 0.6) is 5.75 Å². The van der Waals surface area contributed by atoms with Gasteiger partial charge in [-0.25, -0.2) is 5.48 Å². The average Bonchev–Trinajstić information content (AvgIpc) is 3.58. The predicted molar refractivity (Wildman–Crippen MR) is 129 cm³/mol. The number of hydroxylamine groups is 1. The molecule has 0 spiro atoms. The van der Waals surface area contributed by atoms with Crippen LogP contribution < -0.4 is 10.2 Å². The number of nitrogens with zero attached hydrogens (tertiary/aromatic N) is 2. The molecule has 34 heavy (non-hydrogen) atoms. The van der Waals surface area contributed by atoms with Gasteiger partial charge in [0.15, 0.2) is 0 Å². The molecule has 2 amide bonds. The summed E-state index contributed by atoms with van der Waals surface area (Å²) in [4.78, 5) is 31.7. The maximum absolute atomic E-state index is 13.2. The van der Waals surface area contributed by atoms with Crippen molar-refractivity contribution < 1.29 is 19.5 Å². The largest absolute Gasteiger partial charge is 0.489 e. The van der Waals surface area contributed by atoms with Crippen molar-refractivity contribution in [2.75, 3.05) is 13.1 Å². The first kappa shape index (κ1) is 23.7. The van der Waals surface area contributed by atoms with Gasteiger partial charge in [0.25, 0.3) is 0 Å². The minimum absolute atomic E-state index is 0.0358. The van der Waals surface area contributed by atoms with Crippen LogP contribution in [0.1, 0.15) is 37.1 Å². The van der Waals surface area contributed by atoms with Gasteiger partial charge in [0.2, 0.25) is 11.8 Å². The zero-order valence-corrected chi connectivity index (χ0v) is 19.9. The molecule has 1 fully saturated rings. The van der Waals surface area contributed by atoms with E-state index in [1.165, 1.54) is 0 Å².